The van der Waals surface area contributed by atoms with Gasteiger partial charge in [0.2, 0.25) is 0 Å². The smallest absolute Gasteiger partial charge is 0.0647 e. The lowest BCUT2D eigenvalue weighted by Crippen LogP contribution is -1.99. The van der Waals surface area contributed by atoms with Gasteiger partial charge in [-0.2, -0.15) is 0 Å². The lowest BCUT2D eigenvalue weighted by molar-refractivity contribution is 1.38. The van der Waals surface area contributed by atoms with Gasteiger partial charge in [-0.15, -0.1) is 0 Å². The Morgan fingerprint density at radius 1 is 1.12 bits per heavy atom. The molecule has 3 heteroatoms. The standard InChI is InChI=1S/C14H15BrN2.H2/c1-9-4-3-5-12(16)14(9)17-13-7-6-11(15)8-10(13)2;/h3-8,17H,16H2,1-2H3;1H. The number of rotatable bonds is 2. The van der Waals surface area contributed by atoms with Crippen molar-refractivity contribution in [3.05, 3.63) is 52.0 Å². The Labute approximate surface area is 111 Å². The van der Waals surface area contributed by atoms with Crippen molar-refractivity contribution in [3.8, 4) is 0 Å². The maximum atomic E-state index is 5.98. The summed E-state index contributed by atoms with van der Waals surface area (Å²) in [6.07, 6.45) is 0. The van der Waals surface area contributed by atoms with E-state index < -0.39 is 0 Å². The first-order valence-electron chi connectivity index (χ1n) is 5.46. The lowest BCUT2D eigenvalue weighted by Gasteiger charge is -2.14. The van der Waals surface area contributed by atoms with E-state index in [0.29, 0.717) is 0 Å². The van der Waals surface area contributed by atoms with Crippen LogP contribution in [0.4, 0.5) is 17.1 Å². The van der Waals surface area contributed by atoms with Gasteiger partial charge in [0.1, 0.15) is 0 Å². The highest BCUT2D eigenvalue weighted by atomic mass is 79.9. The number of hydrogen-bond donors (Lipinski definition) is 2. The van der Waals surface area contributed by atoms with Gasteiger partial charge in [0.05, 0.1) is 11.4 Å². The predicted octanol–water partition coefficient (Wildman–Crippen LogP) is 4.64. The molecule has 0 aliphatic heterocycles. The van der Waals surface area contributed by atoms with Crippen molar-refractivity contribution in [2.75, 3.05) is 11.1 Å². The first-order chi connectivity index (χ1) is 8.08. The number of anilines is 3. The minimum absolute atomic E-state index is 0. The number of aryl methyl sites for hydroxylation is 2. The van der Waals surface area contributed by atoms with Crippen molar-refractivity contribution in [2.24, 2.45) is 0 Å². The molecule has 2 rings (SSSR count). The average molecular weight is 293 g/mol. The van der Waals surface area contributed by atoms with E-state index >= 15 is 0 Å². The van der Waals surface area contributed by atoms with Crippen molar-refractivity contribution in [2.45, 2.75) is 13.8 Å². The molecule has 0 heterocycles. The molecular formula is C14H17BrN2. The first kappa shape index (κ1) is 12.0. The van der Waals surface area contributed by atoms with Crippen LogP contribution in [-0.4, -0.2) is 0 Å². The zero-order chi connectivity index (χ0) is 12.4. The van der Waals surface area contributed by atoms with Crippen molar-refractivity contribution in [1.29, 1.82) is 0 Å². The van der Waals surface area contributed by atoms with E-state index in [1.807, 2.05) is 37.3 Å². The third-order valence-electron chi connectivity index (χ3n) is 2.75. The highest BCUT2D eigenvalue weighted by Gasteiger charge is 2.05. The van der Waals surface area contributed by atoms with Gasteiger partial charge in [-0.05, 0) is 49.2 Å². The second-order valence-electron chi connectivity index (χ2n) is 4.12. The molecule has 0 saturated carbocycles. The maximum absolute atomic E-state index is 5.98. The van der Waals surface area contributed by atoms with Crippen LogP contribution >= 0.6 is 15.9 Å². The molecule has 0 radical (unpaired) electrons. The zero-order valence-electron chi connectivity index (χ0n) is 9.92. The molecule has 0 saturated heterocycles. The van der Waals surface area contributed by atoms with Gasteiger partial charge in [0, 0.05) is 11.6 Å². The Morgan fingerprint density at radius 3 is 2.53 bits per heavy atom. The SMILES string of the molecule is Cc1cc(Br)ccc1Nc1c(C)cccc1N.[HH]. The molecule has 2 aromatic carbocycles. The second-order valence-corrected chi connectivity index (χ2v) is 5.04. The highest BCUT2D eigenvalue weighted by molar-refractivity contribution is 9.10. The van der Waals surface area contributed by atoms with Crippen LogP contribution in [0.3, 0.4) is 0 Å². The molecule has 0 spiro atoms. The highest BCUT2D eigenvalue weighted by Crippen LogP contribution is 2.29. The van der Waals surface area contributed by atoms with Gasteiger partial charge in [-0.1, -0.05) is 28.1 Å². The number of benzene rings is 2. The van der Waals surface area contributed by atoms with Gasteiger partial charge < -0.3 is 11.1 Å². The van der Waals surface area contributed by atoms with E-state index in [0.717, 1.165) is 27.1 Å². The number of hydrogen-bond acceptors (Lipinski definition) is 2. The Morgan fingerprint density at radius 2 is 1.88 bits per heavy atom. The molecule has 0 bridgehead atoms. The Bertz CT molecular complexity index is 535. The fraction of sp³-hybridized carbons (Fsp3) is 0.143. The molecule has 0 unspecified atom stereocenters. The van der Waals surface area contributed by atoms with Crippen LogP contribution in [0.25, 0.3) is 0 Å². The summed E-state index contributed by atoms with van der Waals surface area (Å²) in [5.41, 5.74) is 11.1. The van der Waals surface area contributed by atoms with Gasteiger partial charge in [-0.25, -0.2) is 0 Å². The second kappa shape index (κ2) is 4.80. The monoisotopic (exact) mass is 292 g/mol. The normalized spacial score (nSPS) is 10.3. The number of nitrogens with two attached hydrogens (primary N) is 1. The summed E-state index contributed by atoms with van der Waals surface area (Å²) in [6, 6.07) is 12.1. The summed E-state index contributed by atoms with van der Waals surface area (Å²) in [6.45, 7) is 4.12. The van der Waals surface area contributed by atoms with Crippen LogP contribution in [0, 0.1) is 13.8 Å². The van der Waals surface area contributed by atoms with Crippen molar-refractivity contribution in [3.63, 3.8) is 0 Å². The Kier molecular flexibility index (Phi) is 3.38. The molecule has 0 aliphatic rings. The van der Waals surface area contributed by atoms with Gasteiger partial charge in [0.25, 0.3) is 0 Å². The quantitative estimate of drug-likeness (QED) is 0.792. The van der Waals surface area contributed by atoms with Crippen molar-refractivity contribution < 1.29 is 1.43 Å². The summed E-state index contributed by atoms with van der Waals surface area (Å²) < 4.78 is 1.08. The van der Waals surface area contributed by atoms with E-state index in [1.165, 1.54) is 5.56 Å². The minimum atomic E-state index is 0. The third-order valence-corrected chi connectivity index (χ3v) is 3.25. The maximum Gasteiger partial charge on any atom is 0.0647 e. The van der Waals surface area contributed by atoms with Gasteiger partial charge in [-0.3, -0.25) is 0 Å². The predicted molar refractivity (Wildman–Crippen MR) is 79.9 cm³/mol. The molecule has 0 atom stereocenters. The van der Waals surface area contributed by atoms with Crippen molar-refractivity contribution >= 4 is 33.0 Å². The molecule has 0 aliphatic carbocycles. The third kappa shape index (κ3) is 2.61. The lowest BCUT2D eigenvalue weighted by atomic mass is 10.1. The summed E-state index contributed by atoms with van der Waals surface area (Å²) in [5, 5.41) is 3.39. The summed E-state index contributed by atoms with van der Waals surface area (Å²) in [7, 11) is 0. The zero-order valence-corrected chi connectivity index (χ0v) is 11.5. The minimum Gasteiger partial charge on any atom is -0.397 e. The van der Waals surface area contributed by atoms with Crippen LogP contribution in [0.2, 0.25) is 0 Å². The van der Waals surface area contributed by atoms with Crippen LogP contribution in [0.5, 0.6) is 0 Å². The molecule has 17 heavy (non-hydrogen) atoms. The first-order valence-corrected chi connectivity index (χ1v) is 6.25. The van der Waals surface area contributed by atoms with Gasteiger partial charge >= 0.3 is 0 Å². The molecule has 0 amide bonds. The summed E-state index contributed by atoms with van der Waals surface area (Å²) >= 11 is 3.46. The Hall–Kier alpha value is -1.48. The molecule has 0 fully saturated rings. The summed E-state index contributed by atoms with van der Waals surface area (Å²) in [4.78, 5) is 0. The topological polar surface area (TPSA) is 38.0 Å². The molecule has 2 aromatic rings. The van der Waals surface area contributed by atoms with Crippen molar-refractivity contribution in [1.82, 2.24) is 0 Å². The Balaban J connectivity index is 0.00000162. The molecular weight excluding hydrogens is 276 g/mol. The van der Waals surface area contributed by atoms with E-state index in [9.17, 15) is 0 Å². The van der Waals surface area contributed by atoms with Gasteiger partial charge in [0.15, 0.2) is 0 Å². The number of halogens is 1. The van der Waals surface area contributed by atoms with E-state index in [4.69, 9.17) is 5.73 Å². The largest absolute Gasteiger partial charge is 0.397 e. The van der Waals surface area contributed by atoms with E-state index in [1.54, 1.807) is 0 Å². The number of nitrogens with one attached hydrogen (secondary N) is 1. The fourth-order valence-corrected chi connectivity index (χ4v) is 2.24. The fourth-order valence-electron chi connectivity index (χ4n) is 1.76. The molecule has 3 N–H and O–H groups in total. The summed E-state index contributed by atoms with van der Waals surface area (Å²) in [5.74, 6) is 0. The van der Waals surface area contributed by atoms with E-state index in [-0.39, 0.29) is 1.43 Å². The number of nitrogen functional groups attached to an aromatic ring is 1. The average Bonchev–Trinajstić information content (AvgIpc) is 2.26. The molecule has 90 valence electrons. The van der Waals surface area contributed by atoms with Crippen LogP contribution in [-0.2, 0) is 0 Å². The van der Waals surface area contributed by atoms with Crippen LogP contribution in [0.15, 0.2) is 40.9 Å². The van der Waals surface area contributed by atoms with Crippen LogP contribution < -0.4 is 11.1 Å². The number of para-hydroxylation sites is 1. The molecule has 0 aromatic heterocycles. The molecule has 2 nitrogen and oxygen atoms in total. The van der Waals surface area contributed by atoms with E-state index in [2.05, 4.69) is 34.2 Å². The van der Waals surface area contributed by atoms with Crippen LogP contribution in [0.1, 0.15) is 12.6 Å².